The number of carbonyl (C=O) groups excluding carboxylic acids is 1. The van der Waals surface area contributed by atoms with Crippen LogP contribution in [-0.2, 0) is 9.53 Å². The molecule has 0 saturated heterocycles. The fourth-order valence-electron chi connectivity index (χ4n) is 3.76. The maximum absolute atomic E-state index is 12.7. The highest BCUT2D eigenvalue weighted by Gasteiger charge is 2.45. The molecule has 0 N–H and O–H groups in total. The molecule has 2 aromatic rings. The lowest BCUT2D eigenvalue weighted by Gasteiger charge is -2.41. The van der Waals surface area contributed by atoms with Crippen LogP contribution in [0.4, 0.5) is 11.4 Å². The summed E-state index contributed by atoms with van der Waals surface area (Å²) in [5.74, 6) is 0.772. The van der Waals surface area contributed by atoms with Crippen molar-refractivity contribution in [3.05, 3.63) is 54.1 Å². The zero-order chi connectivity index (χ0) is 25.0. The number of hydrogen-bond donors (Lipinski definition) is 0. The van der Waals surface area contributed by atoms with E-state index in [9.17, 15) is 4.79 Å². The summed E-state index contributed by atoms with van der Waals surface area (Å²) in [5.41, 5.74) is 2.27. The standard InChI is InChI=1S/C29H42N2O3/c1-7-28(4,5)29(6,8-2)27(32)34-22-14-10-9-13-21-33-25-19-17-24(18-20-25)30-31-26-16-12-11-15-23(26)3/h11-12,15-20H,7-10,13-14,21-22H2,1-6H3/b31-30+. The van der Waals surface area contributed by atoms with Crippen molar-refractivity contribution >= 4 is 17.3 Å². The zero-order valence-electron chi connectivity index (χ0n) is 21.9. The Kier molecular flexibility index (Phi) is 10.7. The van der Waals surface area contributed by atoms with Gasteiger partial charge in [0.2, 0.25) is 0 Å². The highest BCUT2D eigenvalue weighted by atomic mass is 16.5. The van der Waals surface area contributed by atoms with Crippen molar-refractivity contribution in [2.24, 2.45) is 21.1 Å². The first-order valence-electron chi connectivity index (χ1n) is 12.6. The van der Waals surface area contributed by atoms with Crippen LogP contribution in [0.2, 0.25) is 0 Å². The average Bonchev–Trinajstić information content (AvgIpc) is 2.85. The van der Waals surface area contributed by atoms with Crippen LogP contribution in [0.1, 0.15) is 78.7 Å². The van der Waals surface area contributed by atoms with Crippen molar-refractivity contribution in [3.63, 3.8) is 0 Å². The highest BCUT2D eigenvalue weighted by molar-refractivity contribution is 5.77. The predicted octanol–water partition coefficient (Wildman–Crippen LogP) is 8.75. The van der Waals surface area contributed by atoms with Gasteiger partial charge in [0.25, 0.3) is 0 Å². The number of unbranched alkanes of at least 4 members (excludes halogenated alkanes) is 3. The molecule has 0 heterocycles. The van der Waals surface area contributed by atoms with Crippen LogP contribution in [0.5, 0.6) is 5.75 Å². The van der Waals surface area contributed by atoms with Crippen LogP contribution in [0.15, 0.2) is 58.8 Å². The summed E-state index contributed by atoms with van der Waals surface area (Å²) in [6, 6.07) is 15.6. The molecular formula is C29H42N2O3. The van der Waals surface area contributed by atoms with Gasteiger partial charge in [-0.25, -0.2) is 0 Å². The molecular weight excluding hydrogens is 424 g/mol. The number of esters is 1. The molecule has 0 amide bonds. The lowest BCUT2D eigenvalue weighted by atomic mass is 9.64. The normalized spacial score (nSPS) is 13.6. The lowest BCUT2D eigenvalue weighted by Crippen LogP contribution is -2.42. The van der Waals surface area contributed by atoms with E-state index in [0.29, 0.717) is 13.2 Å². The summed E-state index contributed by atoms with van der Waals surface area (Å²) in [7, 11) is 0. The minimum absolute atomic E-state index is 0.0629. The SMILES string of the molecule is CCC(C)(C)C(C)(CC)C(=O)OCCCCCCOc1ccc(/N=N/c2ccccc2C)cc1. The maximum atomic E-state index is 12.7. The number of benzene rings is 2. The zero-order valence-corrected chi connectivity index (χ0v) is 21.9. The third-order valence-electron chi connectivity index (χ3n) is 7.30. The number of carbonyl (C=O) groups is 1. The van der Waals surface area contributed by atoms with E-state index < -0.39 is 5.41 Å². The Bertz CT molecular complexity index is 921. The molecule has 34 heavy (non-hydrogen) atoms. The molecule has 2 aromatic carbocycles. The van der Waals surface area contributed by atoms with Gasteiger partial charge in [0.05, 0.1) is 30.0 Å². The van der Waals surface area contributed by atoms with Crippen LogP contribution in [-0.4, -0.2) is 19.2 Å². The molecule has 1 atom stereocenters. The summed E-state index contributed by atoms with van der Waals surface area (Å²) >= 11 is 0. The number of aryl methyl sites for hydroxylation is 1. The maximum Gasteiger partial charge on any atom is 0.312 e. The van der Waals surface area contributed by atoms with E-state index in [4.69, 9.17) is 9.47 Å². The van der Waals surface area contributed by atoms with E-state index in [0.717, 1.165) is 61.2 Å². The van der Waals surface area contributed by atoms with Gasteiger partial charge in [-0.3, -0.25) is 4.79 Å². The van der Waals surface area contributed by atoms with Crippen molar-refractivity contribution in [3.8, 4) is 5.75 Å². The largest absolute Gasteiger partial charge is 0.494 e. The fourth-order valence-corrected chi connectivity index (χ4v) is 3.76. The van der Waals surface area contributed by atoms with Crippen molar-refractivity contribution in [2.45, 2.75) is 80.1 Å². The molecule has 186 valence electrons. The number of nitrogens with zero attached hydrogens (tertiary/aromatic N) is 2. The lowest BCUT2D eigenvalue weighted by molar-refractivity contribution is -0.163. The van der Waals surface area contributed by atoms with Gasteiger partial charge in [-0.1, -0.05) is 45.9 Å². The third kappa shape index (κ3) is 7.68. The van der Waals surface area contributed by atoms with Crippen molar-refractivity contribution in [1.29, 1.82) is 0 Å². The first kappa shape index (κ1) is 27.6. The van der Waals surface area contributed by atoms with Gasteiger partial charge >= 0.3 is 5.97 Å². The van der Waals surface area contributed by atoms with E-state index >= 15 is 0 Å². The minimum Gasteiger partial charge on any atom is -0.494 e. The molecule has 1 unspecified atom stereocenters. The van der Waals surface area contributed by atoms with Crippen LogP contribution in [0.3, 0.4) is 0 Å². The molecule has 0 aromatic heterocycles. The van der Waals surface area contributed by atoms with Crippen LogP contribution >= 0.6 is 0 Å². The molecule has 0 spiro atoms. The van der Waals surface area contributed by atoms with Crippen LogP contribution < -0.4 is 4.74 Å². The molecule has 0 radical (unpaired) electrons. The van der Waals surface area contributed by atoms with Gasteiger partial charge in [-0.15, -0.1) is 0 Å². The van der Waals surface area contributed by atoms with Crippen LogP contribution in [0.25, 0.3) is 0 Å². The first-order valence-corrected chi connectivity index (χ1v) is 12.6. The van der Waals surface area contributed by atoms with E-state index in [1.165, 1.54) is 0 Å². The molecule has 0 aliphatic rings. The van der Waals surface area contributed by atoms with E-state index in [-0.39, 0.29) is 11.4 Å². The summed E-state index contributed by atoms with van der Waals surface area (Å²) in [6.07, 6.45) is 5.67. The molecule has 5 nitrogen and oxygen atoms in total. The van der Waals surface area contributed by atoms with Crippen molar-refractivity contribution < 1.29 is 14.3 Å². The Labute approximate surface area is 206 Å². The Hall–Kier alpha value is -2.69. The Morgan fingerprint density at radius 2 is 1.47 bits per heavy atom. The second kappa shape index (κ2) is 13.3. The quantitative estimate of drug-likeness (QED) is 0.159. The van der Waals surface area contributed by atoms with E-state index in [1.807, 2.05) is 62.4 Å². The van der Waals surface area contributed by atoms with Crippen molar-refractivity contribution in [2.75, 3.05) is 13.2 Å². The molecule has 0 bridgehead atoms. The summed E-state index contributed by atoms with van der Waals surface area (Å²) in [4.78, 5) is 12.7. The van der Waals surface area contributed by atoms with E-state index in [2.05, 4.69) is 37.9 Å². The average molecular weight is 467 g/mol. The van der Waals surface area contributed by atoms with Crippen LogP contribution in [0, 0.1) is 17.8 Å². The van der Waals surface area contributed by atoms with Gasteiger partial charge in [0, 0.05) is 0 Å². The molecule has 0 aliphatic heterocycles. The Morgan fingerprint density at radius 1 is 0.824 bits per heavy atom. The number of azo groups is 1. The highest BCUT2D eigenvalue weighted by Crippen LogP contribution is 2.45. The van der Waals surface area contributed by atoms with Gasteiger partial charge < -0.3 is 9.47 Å². The molecule has 0 fully saturated rings. The van der Waals surface area contributed by atoms with Gasteiger partial charge in [-0.2, -0.15) is 10.2 Å². The Morgan fingerprint density at radius 3 is 2.09 bits per heavy atom. The first-order chi connectivity index (χ1) is 16.2. The summed E-state index contributed by atoms with van der Waals surface area (Å²) in [5, 5.41) is 8.62. The summed E-state index contributed by atoms with van der Waals surface area (Å²) in [6.45, 7) is 13.7. The second-order valence-electron chi connectivity index (χ2n) is 9.80. The molecule has 0 aliphatic carbocycles. The molecule has 5 heteroatoms. The topological polar surface area (TPSA) is 60.2 Å². The smallest absolute Gasteiger partial charge is 0.312 e. The number of hydrogen-bond acceptors (Lipinski definition) is 5. The Balaban J connectivity index is 1.63. The summed E-state index contributed by atoms with van der Waals surface area (Å²) < 4.78 is 11.5. The second-order valence-corrected chi connectivity index (χ2v) is 9.80. The number of ether oxygens (including phenoxy) is 2. The molecule has 2 rings (SSSR count). The van der Waals surface area contributed by atoms with Gasteiger partial charge in [-0.05, 0) is 93.7 Å². The molecule has 0 saturated carbocycles. The minimum atomic E-state index is -0.437. The fraction of sp³-hybridized carbons (Fsp3) is 0.552. The third-order valence-corrected chi connectivity index (χ3v) is 7.30. The van der Waals surface area contributed by atoms with Crippen molar-refractivity contribution in [1.82, 2.24) is 0 Å². The van der Waals surface area contributed by atoms with Gasteiger partial charge in [0.1, 0.15) is 5.75 Å². The predicted molar refractivity (Wildman–Crippen MR) is 139 cm³/mol. The monoisotopic (exact) mass is 466 g/mol. The van der Waals surface area contributed by atoms with E-state index in [1.54, 1.807) is 0 Å². The van der Waals surface area contributed by atoms with Gasteiger partial charge in [0.15, 0.2) is 0 Å². The number of rotatable bonds is 14.